The summed E-state index contributed by atoms with van der Waals surface area (Å²) in [5.74, 6) is -2.02. The highest BCUT2D eigenvalue weighted by atomic mass is 35.5. The SMILES string of the molecule is C[C@H](c1ccccc1)N1C(=O)[C@H]2[C@H](C1=O)C1(Cl)c3ccccc3C2(Cl)c2ccccc21. The molecule has 1 fully saturated rings. The molecule has 154 valence electrons. The average Bonchev–Trinajstić information content (AvgIpc) is 3.08. The normalized spacial score (nSPS) is 31.3. The summed E-state index contributed by atoms with van der Waals surface area (Å²) in [6.07, 6.45) is 0. The molecule has 2 bridgehead atoms. The number of carbonyl (C=O) groups is 2. The molecule has 0 radical (unpaired) electrons. The molecule has 3 aromatic rings. The van der Waals surface area contributed by atoms with Crippen molar-refractivity contribution in [1.29, 1.82) is 0 Å². The molecule has 1 heterocycles. The molecule has 7 rings (SSSR count). The van der Waals surface area contributed by atoms with Crippen LogP contribution in [-0.4, -0.2) is 16.7 Å². The number of hydrogen-bond acceptors (Lipinski definition) is 2. The van der Waals surface area contributed by atoms with Crippen molar-refractivity contribution in [3.63, 3.8) is 0 Å². The van der Waals surface area contributed by atoms with Crippen molar-refractivity contribution >= 4 is 35.0 Å². The molecular weight excluding hydrogens is 429 g/mol. The highest BCUT2D eigenvalue weighted by Crippen LogP contribution is 2.69. The molecule has 3 aliphatic carbocycles. The van der Waals surface area contributed by atoms with Crippen molar-refractivity contribution < 1.29 is 9.59 Å². The van der Waals surface area contributed by atoms with Crippen LogP contribution >= 0.6 is 23.2 Å². The molecular formula is C26H19Cl2NO2. The number of imide groups is 1. The Hall–Kier alpha value is -2.62. The first-order valence-corrected chi connectivity index (χ1v) is 11.2. The monoisotopic (exact) mass is 447 g/mol. The van der Waals surface area contributed by atoms with Crippen LogP contribution in [0.4, 0.5) is 0 Å². The van der Waals surface area contributed by atoms with Crippen molar-refractivity contribution in [2.24, 2.45) is 11.8 Å². The maximum Gasteiger partial charge on any atom is 0.236 e. The number of hydrogen-bond donors (Lipinski definition) is 0. The standard InChI is InChI=1S/C26H19Cl2NO2/c1-15(16-9-3-2-4-10-16)29-23(30)21-22(24(29)31)26(28)18-12-6-5-11-17(18)25(21,27)19-13-7-8-14-20(19)26/h2-15,21-22H,1H3/t15-,21-,22-,25?,26?/m1/s1. The van der Waals surface area contributed by atoms with E-state index < -0.39 is 27.6 Å². The van der Waals surface area contributed by atoms with Crippen molar-refractivity contribution in [2.45, 2.75) is 22.7 Å². The van der Waals surface area contributed by atoms with E-state index in [0.29, 0.717) is 0 Å². The first kappa shape index (κ1) is 19.1. The van der Waals surface area contributed by atoms with Crippen LogP contribution in [0.2, 0.25) is 0 Å². The van der Waals surface area contributed by atoms with Crippen LogP contribution in [0.1, 0.15) is 40.8 Å². The van der Waals surface area contributed by atoms with E-state index in [-0.39, 0.29) is 11.8 Å². The van der Waals surface area contributed by atoms with E-state index in [1.165, 1.54) is 4.90 Å². The fourth-order valence-corrected chi connectivity index (χ4v) is 7.05. The Balaban J connectivity index is 1.61. The lowest BCUT2D eigenvalue weighted by molar-refractivity contribution is -0.142. The molecule has 3 atom stereocenters. The number of nitrogens with zero attached hydrogens (tertiary/aromatic N) is 1. The highest BCUT2D eigenvalue weighted by Gasteiger charge is 2.73. The predicted molar refractivity (Wildman–Crippen MR) is 120 cm³/mol. The van der Waals surface area contributed by atoms with Gasteiger partial charge in [0.15, 0.2) is 0 Å². The highest BCUT2D eigenvalue weighted by molar-refractivity contribution is 6.36. The number of likely N-dealkylation sites (tertiary alicyclic amines) is 1. The maximum atomic E-state index is 13.9. The van der Waals surface area contributed by atoms with Gasteiger partial charge in [0.2, 0.25) is 11.8 Å². The van der Waals surface area contributed by atoms with Crippen LogP contribution in [-0.2, 0) is 19.3 Å². The van der Waals surface area contributed by atoms with Gasteiger partial charge >= 0.3 is 0 Å². The van der Waals surface area contributed by atoms with Crippen LogP contribution in [0.3, 0.4) is 0 Å². The Morgan fingerprint density at radius 2 is 1.03 bits per heavy atom. The fourth-order valence-electron chi connectivity index (χ4n) is 5.95. The maximum absolute atomic E-state index is 13.9. The third-order valence-corrected chi connectivity index (χ3v) is 8.57. The Bertz CT molecular complexity index is 1130. The minimum atomic E-state index is -1.13. The first-order chi connectivity index (χ1) is 14.9. The number of rotatable bonds is 2. The van der Waals surface area contributed by atoms with Gasteiger partial charge in [0.05, 0.1) is 17.9 Å². The summed E-state index contributed by atoms with van der Waals surface area (Å²) in [5, 5.41) is 0. The second-order valence-corrected chi connectivity index (χ2v) is 9.80. The van der Waals surface area contributed by atoms with Gasteiger partial charge in [-0.25, -0.2) is 0 Å². The topological polar surface area (TPSA) is 37.4 Å². The largest absolute Gasteiger partial charge is 0.275 e. The summed E-state index contributed by atoms with van der Waals surface area (Å²) in [6.45, 7) is 1.88. The summed E-state index contributed by atoms with van der Waals surface area (Å²) >= 11 is 14.9. The number of amides is 2. The predicted octanol–water partition coefficient (Wildman–Crippen LogP) is 5.34. The molecule has 0 spiro atoms. The Morgan fingerprint density at radius 3 is 1.42 bits per heavy atom. The van der Waals surface area contributed by atoms with Gasteiger partial charge in [-0.05, 0) is 34.7 Å². The molecule has 5 heteroatoms. The van der Waals surface area contributed by atoms with Crippen molar-refractivity contribution in [1.82, 2.24) is 4.90 Å². The third-order valence-electron chi connectivity index (χ3n) is 7.29. The van der Waals surface area contributed by atoms with Crippen molar-refractivity contribution in [3.8, 4) is 0 Å². The van der Waals surface area contributed by atoms with Gasteiger partial charge in [-0.3, -0.25) is 14.5 Å². The molecule has 1 aliphatic heterocycles. The zero-order valence-electron chi connectivity index (χ0n) is 16.8. The molecule has 4 aliphatic rings. The van der Waals surface area contributed by atoms with Crippen LogP contribution in [0, 0.1) is 11.8 Å². The van der Waals surface area contributed by atoms with Crippen LogP contribution in [0.25, 0.3) is 0 Å². The Morgan fingerprint density at radius 1 is 0.677 bits per heavy atom. The van der Waals surface area contributed by atoms with Gasteiger partial charge in [-0.15, -0.1) is 23.2 Å². The lowest BCUT2D eigenvalue weighted by Crippen LogP contribution is -2.57. The average molecular weight is 448 g/mol. The molecule has 0 aromatic heterocycles. The smallest absolute Gasteiger partial charge is 0.236 e. The van der Waals surface area contributed by atoms with E-state index in [9.17, 15) is 9.59 Å². The molecule has 0 N–H and O–H groups in total. The van der Waals surface area contributed by atoms with E-state index >= 15 is 0 Å². The molecule has 3 nitrogen and oxygen atoms in total. The molecule has 0 unspecified atom stereocenters. The van der Waals surface area contributed by atoms with Gasteiger partial charge in [0.25, 0.3) is 0 Å². The summed E-state index contributed by atoms with van der Waals surface area (Å²) in [6, 6.07) is 24.6. The minimum absolute atomic E-state index is 0.254. The zero-order valence-corrected chi connectivity index (χ0v) is 18.3. The van der Waals surface area contributed by atoms with Crippen LogP contribution in [0.15, 0.2) is 78.9 Å². The number of benzene rings is 3. The second-order valence-electron chi connectivity index (χ2n) is 8.60. The van der Waals surface area contributed by atoms with E-state index in [4.69, 9.17) is 23.2 Å². The summed E-state index contributed by atoms with van der Waals surface area (Å²) in [5.41, 5.74) is 4.19. The molecule has 3 aromatic carbocycles. The number of alkyl halides is 2. The van der Waals surface area contributed by atoms with Gasteiger partial charge < -0.3 is 0 Å². The minimum Gasteiger partial charge on any atom is -0.275 e. The van der Waals surface area contributed by atoms with Crippen LogP contribution in [0.5, 0.6) is 0 Å². The zero-order chi connectivity index (χ0) is 21.5. The van der Waals surface area contributed by atoms with Gasteiger partial charge in [-0.1, -0.05) is 78.9 Å². The Labute approximate surface area is 190 Å². The lowest BCUT2D eigenvalue weighted by atomic mass is 9.54. The van der Waals surface area contributed by atoms with Gasteiger partial charge in [0.1, 0.15) is 9.75 Å². The summed E-state index contributed by atoms with van der Waals surface area (Å²) < 4.78 is 0. The Kier molecular flexibility index (Phi) is 3.83. The van der Waals surface area contributed by atoms with Crippen molar-refractivity contribution in [3.05, 3.63) is 107 Å². The quantitative estimate of drug-likeness (QED) is 0.392. The summed E-state index contributed by atoms with van der Waals surface area (Å²) in [7, 11) is 0. The third kappa shape index (κ3) is 2.11. The fraction of sp³-hybridized carbons (Fsp3) is 0.231. The molecule has 2 amide bonds. The number of halogens is 2. The van der Waals surface area contributed by atoms with Crippen molar-refractivity contribution in [2.75, 3.05) is 0 Å². The summed E-state index contributed by atoms with van der Waals surface area (Å²) in [4.78, 5) is 26.9. The van der Waals surface area contributed by atoms with E-state index in [2.05, 4.69) is 0 Å². The second kappa shape index (κ2) is 6.21. The van der Waals surface area contributed by atoms with Gasteiger partial charge in [-0.2, -0.15) is 0 Å². The molecule has 1 saturated heterocycles. The molecule has 0 saturated carbocycles. The van der Waals surface area contributed by atoms with Crippen LogP contribution < -0.4 is 0 Å². The first-order valence-electron chi connectivity index (χ1n) is 10.4. The van der Waals surface area contributed by atoms with E-state index in [1.54, 1.807) is 0 Å². The van der Waals surface area contributed by atoms with Gasteiger partial charge in [0, 0.05) is 0 Å². The van der Waals surface area contributed by atoms with E-state index in [0.717, 1.165) is 27.8 Å². The molecule has 31 heavy (non-hydrogen) atoms. The lowest BCUT2D eigenvalue weighted by Gasteiger charge is -2.54. The van der Waals surface area contributed by atoms with E-state index in [1.807, 2.05) is 85.8 Å². The number of carbonyl (C=O) groups excluding carboxylic acids is 2.